The molecule has 162 valence electrons. The standard InChI is InChI=1S/C23H24N8O/c1-14-3-4-15(17-7-9-30(2)21(17)22(24)32)11-18(14)29-23-25-8-10-31(23)20-12-19(26-13-27-20)28-16-5-6-16/h3-4,7-13,16H,5-6H2,1-2H3,(H2,24,32)(H,25,29)(H,26,27,28). The number of hydrogen-bond donors (Lipinski definition) is 3. The Kier molecular flexibility index (Phi) is 4.85. The molecule has 9 heteroatoms. The summed E-state index contributed by atoms with van der Waals surface area (Å²) in [6.07, 6.45) is 9.30. The predicted octanol–water partition coefficient (Wildman–Crippen LogP) is 3.39. The summed E-state index contributed by atoms with van der Waals surface area (Å²) in [5.41, 5.74) is 9.67. The van der Waals surface area contributed by atoms with E-state index in [0.717, 1.165) is 34.0 Å². The van der Waals surface area contributed by atoms with E-state index in [1.165, 1.54) is 12.8 Å². The topological polar surface area (TPSA) is 116 Å². The lowest BCUT2D eigenvalue weighted by Gasteiger charge is -2.14. The summed E-state index contributed by atoms with van der Waals surface area (Å²) in [7, 11) is 1.81. The highest BCUT2D eigenvalue weighted by molar-refractivity contribution is 5.98. The van der Waals surface area contributed by atoms with Gasteiger partial charge in [0.15, 0.2) is 0 Å². The summed E-state index contributed by atoms with van der Waals surface area (Å²) in [5, 5.41) is 6.80. The van der Waals surface area contributed by atoms with Crippen LogP contribution in [0.4, 0.5) is 17.5 Å². The molecule has 1 fully saturated rings. The van der Waals surface area contributed by atoms with Gasteiger partial charge in [-0.15, -0.1) is 0 Å². The van der Waals surface area contributed by atoms with Gasteiger partial charge in [-0.2, -0.15) is 0 Å². The average Bonchev–Trinajstić information content (AvgIpc) is 3.31. The number of benzene rings is 1. The van der Waals surface area contributed by atoms with Crippen LogP contribution in [0.2, 0.25) is 0 Å². The number of nitrogens with zero attached hydrogens (tertiary/aromatic N) is 5. The number of amides is 1. The second-order valence-corrected chi connectivity index (χ2v) is 8.01. The van der Waals surface area contributed by atoms with E-state index < -0.39 is 5.91 Å². The first-order chi connectivity index (χ1) is 15.5. The number of anilines is 3. The fourth-order valence-electron chi connectivity index (χ4n) is 3.69. The van der Waals surface area contributed by atoms with Crippen LogP contribution in [0.15, 0.2) is 55.2 Å². The molecule has 0 spiro atoms. The molecule has 0 saturated heterocycles. The lowest BCUT2D eigenvalue weighted by atomic mass is 10.0. The fourth-order valence-corrected chi connectivity index (χ4v) is 3.69. The molecule has 5 rings (SSSR count). The van der Waals surface area contributed by atoms with Crippen molar-refractivity contribution >= 4 is 23.4 Å². The maximum Gasteiger partial charge on any atom is 0.265 e. The van der Waals surface area contributed by atoms with Gasteiger partial charge in [0.05, 0.1) is 0 Å². The molecule has 0 bridgehead atoms. The Balaban J connectivity index is 1.47. The normalized spacial score (nSPS) is 13.2. The third-order valence-electron chi connectivity index (χ3n) is 5.57. The molecule has 1 amide bonds. The first-order valence-electron chi connectivity index (χ1n) is 10.4. The second kappa shape index (κ2) is 7.84. The van der Waals surface area contributed by atoms with Gasteiger partial charge in [0.1, 0.15) is 23.7 Å². The van der Waals surface area contributed by atoms with Crippen molar-refractivity contribution in [1.82, 2.24) is 24.1 Å². The predicted molar refractivity (Wildman–Crippen MR) is 123 cm³/mol. The zero-order chi connectivity index (χ0) is 22.2. The first kappa shape index (κ1) is 19.8. The molecule has 1 saturated carbocycles. The van der Waals surface area contributed by atoms with Gasteiger partial charge in [-0.05, 0) is 43.0 Å². The SMILES string of the molecule is Cc1ccc(-c2ccn(C)c2C(N)=O)cc1Nc1nccn1-c1cc(NC2CC2)ncn1. The van der Waals surface area contributed by atoms with Crippen molar-refractivity contribution in [2.75, 3.05) is 10.6 Å². The number of imidazole rings is 1. The van der Waals surface area contributed by atoms with Gasteiger partial charge in [0.25, 0.3) is 5.91 Å². The Morgan fingerprint density at radius 1 is 1.12 bits per heavy atom. The van der Waals surface area contributed by atoms with Crippen molar-refractivity contribution in [1.29, 1.82) is 0 Å². The molecular formula is C23H24N8O. The Hall–Kier alpha value is -4.14. The Bertz CT molecular complexity index is 1300. The molecule has 3 heterocycles. The lowest BCUT2D eigenvalue weighted by molar-refractivity contribution is 0.0993. The van der Waals surface area contributed by atoms with Crippen LogP contribution in [0.1, 0.15) is 28.9 Å². The molecule has 3 aromatic heterocycles. The minimum atomic E-state index is -0.461. The number of primary amides is 1. The minimum Gasteiger partial charge on any atom is -0.367 e. The molecule has 1 aliphatic carbocycles. The summed E-state index contributed by atoms with van der Waals surface area (Å²) < 4.78 is 3.61. The van der Waals surface area contributed by atoms with E-state index in [9.17, 15) is 4.79 Å². The lowest BCUT2D eigenvalue weighted by Crippen LogP contribution is -2.16. The van der Waals surface area contributed by atoms with E-state index in [-0.39, 0.29) is 0 Å². The van der Waals surface area contributed by atoms with Gasteiger partial charge in [0, 0.05) is 49.0 Å². The third-order valence-corrected chi connectivity index (χ3v) is 5.57. The van der Waals surface area contributed by atoms with Gasteiger partial charge in [-0.25, -0.2) is 15.0 Å². The van der Waals surface area contributed by atoms with Crippen molar-refractivity contribution in [2.24, 2.45) is 12.8 Å². The number of rotatable bonds is 7. The zero-order valence-electron chi connectivity index (χ0n) is 17.9. The van der Waals surface area contributed by atoms with Crippen LogP contribution >= 0.6 is 0 Å². The maximum absolute atomic E-state index is 11.9. The molecule has 0 atom stereocenters. The van der Waals surface area contributed by atoms with Crippen LogP contribution < -0.4 is 16.4 Å². The number of aromatic nitrogens is 5. The highest BCUT2D eigenvalue weighted by Gasteiger charge is 2.21. The van der Waals surface area contributed by atoms with Crippen LogP contribution in [-0.2, 0) is 7.05 Å². The quantitative estimate of drug-likeness (QED) is 0.416. The number of nitrogens with two attached hydrogens (primary N) is 1. The molecular weight excluding hydrogens is 404 g/mol. The largest absolute Gasteiger partial charge is 0.367 e. The Labute approximate surface area is 185 Å². The smallest absolute Gasteiger partial charge is 0.265 e. The summed E-state index contributed by atoms with van der Waals surface area (Å²) >= 11 is 0. The third kappa shape index (κ3) is 3.80. The molecule has 4 aromatic rings. The molecule has 9 nitrogen and oxygen atoms in total. The van der Waals surface area contributed by atoms with Crippen molar-refractivity contribution in [3.05, 3.63) is 66.5 Å². The summed E-state index contributed by atoms with van der Waals surface area (Å²) in [6, 6.07) is 10.3. The molecule has 0 aliphatic heterocycles. The second-order valence-electron chi connectivity index (χ2n) is 8.01. The van der Waals surface area contributed by atoms with Gasteiger partial charge >= 0.3 is 0 Å². The van der Waals surface area contributed by atoms with Gasteiger partial charge in [-0.1, -0.05) is 12.1 Å². The van der Waals surface area contributed by atoms with Gasteiger partial charge in [-0.3, -0.25) is 9.36 Å². The van der Waals surface area contributed by atoms with E-state index in [4.69, 9.17) is 5.73 Å². The van der Waals surface area contributed by atoms with Gasteiger partial charge in [0.2, 0.25) is 5.95 Å². The number of carbonyl (C=O) groups is 1. The fraction of sp³-hybridized carbons (Fsp3) is 0.217. The van der Waals surface area contributed by atoms with Gasteiger partial charge < -0.3 is 20.9 Å². The summed E-state index contributed by atoms with van der Waals surface area (Å²) in [6.45, 7) is 2.02. The van der Waals surface area contributed by atoms with Crippen LogP contribution in [0.25, 0.3) is 16.9 Å². The monoisotopic (exact) mass is 428 g/mol. The van der Waals surface area contributed by atoms with Crippen molar-refractivity contribution in [2.45, 2.75) is 25.8 Å². The molecule has 4 N–H and O–H groups in total. The Morgan fingerprint density at radius 3 is 2.75 bits per heavy atom. The van der Waals surface area contributed by atoms with Crippen LogP contribution in [0, 0.1) is 6.92 Å². The van der Waals surface area contributed by atoms with E-state index in [1.54, 1.807) is 17.1 Å². The van der Waals surface area contributed by atoms with E-state index in [2.05, 4.69) is 25.6 Å². The summed E-state index contributed by atoms with van der Waals surface area (Å²) in [5.74, 6) is 1.69. The van der Waals surface area contributed by atoms with Crippen LogP contribution in [0.3, 0.4) is 0 Å². The highest BCUT2D eigenvalue weighted by Crippen LogP contribution is 2.30. The molecule has 32 heavy (non-hydrogen) atoms. The number of hydrogen-bond acceptors (Lipinski definition) is 6. The average molecular weight is 429 g/mol. The van der Waals surface area contributed by atoms with Crippen molar-refractivity contribution in [3.8, 4) is 16.9 Å². The number of aryl methyl sites for hydroxylation is 2. The van der Waals surface area contributed by atoms with E-state index >= 15 is 0 Å². The maximum atomic E-state index is 11.9. The van der Waals surface area contributed by atoms with Crippen LogP contribution in [-0.4, -0.2) is 36.0 Å². The van der Waals surface area contributed by atoms with E-state index in [1.807, 2.05) is 61.3 Å². The van der Waals surface area contributed by atoms with Crippen molar-refractivity contribution < 1.29 is 4.79 Å². The molecule has 1 aliphatic rings. The summed E-state index contributed by atoms with van der Waals surface area (Å²) in [4.78, 5) is 25.1. The minimum absolute atomic E-state index is 0.461. The first-order valence-corrected chi connectivity index (χ1v) is 10.4. The number of carbonyl (C=O) groups excluding carboxylic acids is 1. The van der Waals surface area contributed by atoms with Crippen LogP contribution in [0.5, 0.6) is 0 Å². The Morgan fingerprint density at radius 2 is 1.97 bits per heavy atom. The number of nitrogens with one attached hydrogen (secondary N) is 2. The molecule has 1 aromatic carbocycles. The van der Waals surface area contributed by atoms with Crippen molar-refractivity contribution in [3.63, 3.8) is 0 Å². The zero-order valence-corrected chi connectivity index (χ0v) is 17.9. The highest BCUT2D eigenvalue weighted by atomic mass is 16.1. The van der Waals surface area contributed by atoms with E-state index in [0.29, 0.717) is 17.7 Å². The molecule has 0 unspecified atom stereocenters. The molecule has 0 radical (unpaired) electrons.